The summed E-state index contributed by atoms with van der Waals surface area (Å²) < 4.78 is 59.0. The van der Waals surface area contributed by atoms with Gasteiger partial charge in [0.2, 0.25) is 10.0 Å². The van der Waals surface area contributed by atoms with Gasteiger partial charge in [0.05, 0.1) is 27.8 Å². The first-order valence-corrected chi connectivity index (χ1v) is 10.7. The van der Waals surface area contributed by atoms with Crippen molar-refractivity contribution in [3.05, 3.63) is 52.6 Å². The molecule has 29 heavy (non-hydrogen) atoms. The lowest BCUT2D eigenvalue weighted by molar-refractivity contribution is 0.102. The summed E-state index contributed by atoms with van der Waals surface area (Å²) in [7, 11) is -3.79. The van der Waals surface area contributed by atoms with Crippen LogP contribution in [0.1, 0.15) is 31.1 Å². The summed E-state index contributed by atoms with van der Waals surface area (Å²) in [4.78, 5) is 12.5. The molecular weight excluding hydrogens is 426 g/mol. The average Bonchev–Trinajstić information content (AvgIpc) is 2.66. The van der Waals surface area contributed by atoms with Gasteiger partial charge < -0.3 is 10.1 Å². The van der Waals surface area contributed by atoms with Gasteiger partial charge in [-0.25, -0.2) is 17.2 Å². The van der Waals surface area contributed by atoms with Gasteiger partial charge in [0.25, 0.3) is 5.91 Å². The van der Waals surface area contributed by atoms with Crippen LogP contribution in [0.3, 0.4) is 0 Å². The summed E-state index contributed by atoms with van der Waals surface area (Å²) in [5.41, 5.74) is -0.240. The number of carbonyl (C=O) groups is 1. The molecule has 1 N–H and O–H groups in total. The lowest BCUT2D eigenvalue weighted by atomic mass is 10.2. The number of nitrogens with one attached hydrogen (secondary N) is 1. The van der Waals surface area contributed by atoms with Crippen LogP contribution in [-0.2, 0) is 10.0 Å². The first-order valence-electron chi connectivity index (χ1n) is 8.88. The Bertz CT molecular complexity index is 1010. The van der Waals surface area contributed by atoms with Crippen molar-refractivity contribution in [3.63, 3.8) is 0 Å². The normalized spacial score (nSPS) is 11.6. The number of benzene rings is 2. The van der Waals surface area contributed by atoms with E-state index in [-0.39, 0.29) is 46.6 Å². The highest BCUT2D eigenvalue weighted by atomic mass is 35.5. The molecule has 2 aromatic rings. The molecule has 0 radical (unpaired) electrons. The van der Waals surface area contributed by atoms with Gasteiger partial charge in [-0.3, -0.25) is 4.79 Å². The van der Waals surface area contributed by atoms with Gasteiger partial charge in [-0.15, -0.1) is 0 Å². The highest BCUT2D eigenvalue weighted by molar-refractivity contribution is 7.89. The molecule has 2 rings (SSSR count). The number of anilines is 1. The summed E-state index contributed by atoms with van der Waals surface area (Å²) in [5, 5.41) is 2.18. The predicted octanol–water partition coefficient (Wildman–Crippen LogP) is 4.30. The molecule has 0 aliphatic rings. The van der Waals surface area contributed by atoms with Gasteiger partial charge >= 0.3 is 0 Å². The zero-order valence-electron chi connectivity index (χ0n) is 16.1. The summed E-state index contributed by atoms with van der Waals surface area (Å²) in [6, 6.07) is 5.41. The van der Waals surface area contributed by atoms with E-state index in [4.69, 9.17) is 16.3 Å². The minimum absolute atomic E-state index is 0.0451. The Kier molecular flexibility index (Phi) is 7.56. The Balaban J connectivity index is 2.48. The lowest BCUT2D eigenvalue weighted by Gasteiger charge is -2.20. The highest BCUT2D eigenvalue weighted by Crippen LogP contribution is 2.30. The maximum atomic E-state index is 13.5. The number of halogens is 3. The van der Waals surface area contributed by atoms with E-state index in [1.807, 2.05) is 0 Å². The predicted molar refractivity (Wildman–Crippen MR) is 107 cm³/mol. The third-order valence-corrected chi connectivity index (χ3v) is 6.46. The number of rotatable bonds is 8. The van der Waals surface area contributed by atoms with Crippen molar-refractivity contribution in [2.45, 2.75) is 25.7 Å². The molecule has 158 valence electrons. The Hall–Kier alpha value is -2.23. The molecule has 10 heteroatoms. The summed E-state index contributed by atoms with van der Waals surface area (Å²) in [5.74, 6) is -3.04. The number of hydrogen-bond donors (Lipinski definition) is 1. The lowest BCUT2D eigenvalue weighted by Crippen LogP contribution is -2.30. The minimum Gasteiger partial charge on any atom is -0.492 e. The molecule has 0 aliphatic carbocycles. The Labute approximate surface area is 173 Å². The fourth-order valence-electron chi connectivity index (χ4n) is 2.65. The molecule has 0 spiro atoms. The maximum absolute atomic E-state index is 13.5. The number of amides is 1. The summed E-state index contributed by atoms with van der Waals surface area (Å²) in [6.07, 6.45) is 0. The van der Waals surface area contributed by atoms with Crippen molar-refractivity contribution >= 4 is 33.2 Å². The van der Waals surface area contributed by atoms with Gasteiger partial charge in [-0.2, -0.15) is 4.31 Å². The third kappa shape index (κ3) is 5.04. The van der Waals surface area contributed by atoms with Gasteiger partial charge in [-0.1, -0.05) is 25.4 Å². The molecule has 0 saturated carbocycles. The quantitative estimate of drug-likeness (QED) is 0.613. The van der Waals surface area contributed by atoms with Gasteiger partial charge in [0.15, 0.2) is 11.6 Å². The second-order valence-electron chi connectivity index (χ2n) is 5.88. The second kappa shape index (κ2) is 9.51. The molecule has 1 amide bonds. The van der Waals surface area contributed by atoms with Crippen LogP contribution >= 0.6 is 11.6 Å². The number of hydrogen-bond acceptors (Lipinski definition) is 4. The van der Waals surface area contributed by atoms with E-state index < -0.39 is 27.6 Å². The highest BCUT2D eigenvalue weighted by Gasteiger charge is 2.24. The van der Waals surface area contributed by atoms with Crippen molar-refractivity contribution in [2.75, 3.05) is 25.0 Å². The van der Waals surface area contributed by atoms with Crippen molar-refractivity contribution < 1.29 is 26.7 Å². The number of carbonyl (C=O) groups excluding carboxylic acids is 1. The van der Waals surface area contributed by atoms with Crippen molar-refractivity contribution in [1.29, 1.82) is 0 Å². The van der Waals surface area contributed by atoms with E-state index in [1.54, 1.807) is 20.8 Å². The van der Waals surface area contributed by atoms with Crippen molar-refractivity contribution in [3.8, 4) is 5.75 Å². The largest absolute Gasteiger partial charge is 0.492 e. The van der Waals surface area contributed by atoms with Crippen LogP contribution in [0.15, 0.2) is 35.2 Å². The number of ether oxygens (including phenoxy) is 1. The van der Waals surface area contributed by atoms with Gasteiger partial charge in [0.1, 0.15) is 5.75 Å². The van der Waals surface area contributed by atoms with Crippen molar-refractivity contribution in [1.82, 2.24) is 4.31 Å². The average molecular weight is 447 g/mol. The molecule has 0 bridgehead atoms. The van der Waals surface area contributed by atoms with Gasteiger partial charge in [-0.05, 0) is 37.3 Å². The van der Waals surface area contributed by atoms with E-state index in [9.17, 15) is 22.0 Å². The molecule has 0 aromatic heterocycles. The van der Waals surface area contributed by atoms with Crippen molar-refractivity contribution in [2.24, 2.45) is 0 Å². The summed E-state index contributed by atoms with van der Waals surface area (Å²) in [6.45, 7) is 5.96. The molecule has 0 atom stereocenters. The monoisotopic (exact) mass is 446 g/mol. The Morgan fingerprint density at radius 3 is 2.31 bits per heavy atom. The molecule has 0 heterocycles. The SMILES string of the molecule is CCOc1ccc(S(=O)(=O)N(CC)CC)cc1NC(=O)c1cc(F)c(F)cc1Cl. The third-order valence-electron chi connectivity index (χ3n) is 4.10. The first kappa shape index (κ1) is 23.1. The van der Waals surface area contributed by atoms with Crippen LogP contribution in [0.4, 0.5) is 14.5 Å². The molecule has 0 saturated heterocycles. The van der Waals surface area contributed by atoms with E-state index in [0.29, 0.717) is 12.1 Å². The Morgan fingerprint density at radius 2 is 1.72 bits per heavy atom. The molecular formula is C19H21ClF2N2O4S. The van der Waals surface area contributed by atoms with Crippen LogP contribution in [-0.4, -0.2) is 38.3 Å². The fourth-order valence-corrected chi connectivity index (χ4v) is 4.37. The second-order valence-corrected chi connectivity index (χ2v) is 8.23. The molecule has 0 unspecified atom stereocenters. The van der Waals surface area contributed by atoms with Gasteiger partial charge in [0, 0.05) is 13.1 Å². The number of nitrogens with zero attached hydrogens (tertiary/aromatic N) is 1. The maximum Gasteiger partial charge on any atom is 0.257 e. The van der Waals surface area contributed by atoms with E-state index >= 15 is 0 Å². The standard InChI is InChI=1S/C19H21ClF2N2O4S/c1-4-24(5-2)29(26,27)12-7-8-18(28-6-3)17(9-12)23-19(25)13-10-15(21)16(22)11-14(13)20/h7-11H,4-6H2,1-3H3,(H,23,25). The Morgan fingerprint density at radius 1 is 1.10 bits per heavy atom. The van der Waals surface area contributed by atoms with E-state index in [1.165, 1.54) is 22.5 Å². The molecule has 0 aliphatic heterocycles. The zero-order chi connectivity index (χ0) is 21.8. The molecule has 2 aromatic carbocycles. The van der Waals surface area contributed by atoms with E-state index in [2.05, 4.69) is 5.32 Å². The zero-order valence-corrected chi connectivity index (χ0v) is 17.7. The fraction of sp³-hybridized carbons (Fsp3) is 0.316. The van der Waals surface area contributed by atoms with Crippen LogP contribution in [0, 0.1) is 11.6 Å². The summed E-state index contributed by atoms with van der Waals surface area (Å²) >= 11 is 5.85. The van der Waals surface area contributed by atoms with Crippen LogP contribution in [0.5, 0.6) is 5.75 Å². The molecule has 6 nitrogen and oxygen atoms in total. The first-order chi connectivity index (χ1) is 13.6. The van der Waals surface area contributed by atoms with Crippen LogP contribution in [0.25, 0.3) is 0 Å². The van der Waals surface area contributed by atoms with Crippen LogP contribution in [0.2, 0.25) is 5.02 Å². The topological polar surface area (TPSA) is 75.7 Å². The van der Waals surface area contributed by atoms with Crippen LogP contribution < -0.4 is 10.1 Å². The smallest absolute Gasteiger partial charge is 0.257 e. The number of sulfonamides is 1. The minimum atomic E-state index is -3.79. The van der Waals surface area contributed by atoms with E-state index in [0.717, 1.165) is 0 Å². The molecule has 0 fully saturated rings.